The molecule has 0 spiro atoms. The Morgan fingerprint density at radius 2 is 1.78 bits per heavy atom. The van der Waals surface area contributed by atoms with Gasteiger partial charge in [-0.1, -0.05) is 18.2 Å². The highest BCUT2D eigenvalue weighted by Gasteiger charge is 2.28. The third-order valence-corrected chi connectivity index (χ3v) is 4.02. The molecule has 1 aliphatic heterocycles. The van der Waals surface area contributed by atoms with Gasteiger partial charge in [-0.2, -0.15) is 0 Å². The van der Waals surface area contributed by atoms with Crippen LogP contribution in [-0.2, 0) is 6.42 Å². The molecule has 0 atom stereocenters. The summed E-state index contributed by atoms with van der Waals surface area (Å²) >= 11 is 0. The minimum absolute atomic E-state index is 0.228. The molecule has 116 valence electrons. The fourth-order valence-electron chi connectivity index (χ4n) is 2.90. The Morgan fingerprint density at radius 3 is 2.57 bits per heavy atom. The van der Waals surface area contributed by atoms with E-state index in [2.05, 4.69) is 0 Å². The maximum Gasteiger partial charge on any atom is 0.379 e. The lowest BCUT2D eigenvalue weighted by Gasteiger charge is -2.07. The average Bonchev–Trinajstić information content (AvgIpc) is 2.85. The van der Waals surface area contributed by atoms with Crippen LogP contribution >= 0.6 is 0 Å². The molecular weight excluding hydrogens is 296 g/mol. The molecule has 2 heterocycles. The summed E-state index contributed by atoms with van der Waals surface area (Å²) in [6.45, 7) is 0. The molecule has 0 aliphatic carbocycles. The largest absolute Gasteiger partial charge is 0.493 e. The number of methoxy groups -OCH3 is 2. The second-order valence-electron chi connectivity index (χ2n) is 5.29. The quantitative estimate of drug-likeness (QED) is 0.535. The van der Waals surface area contributed by atoms with E-state index < -0.39 is 5.97 Å². The van der Waals surface area contributed by atoms with Gasteiger partial charge in [0.25, 0.3) is 0 Å². The van der Waals surface area contributed by atoms with Crippen molar-refractivity contribution in [1.29, 1.82) is 0 Å². The molecule has 3 aromatic rings. The summed E-state index contributed by atoms with van der Waals surface area (Å²) < 4.78 is 21.8. The maximum atomic E-state index is 12.4. The molecule has 0 radical (unpaired) electrons. The van der Waals surface area contributed by atoms with Gasteiger partial charge in [0.15, 0.2) is 11.5 Å². The van der Waals surface area contributed by atoms with Gasteiger partial charge in [-0.3, -0.25) is 0 Å². The number of para-hydroxylation sites is 1. The number of benzene rings is 2. The number of carbonyl (C=O) groups is 1. The van der Waals surface area contributed by atoms with E-state index in [1.165, 1.54) is 0 Å². The van der Waals surface area contributed by atoms with Gasteiger partial charge in [0, 0.05) is 23.4 Å². The van der Waals surface area contributed by atoms with E-state index in [-0.39, 0.29) is 5.76 Å². The van der Waals surface area contributed by atoms with Gasteiger partial charge in [-0.25, -0.2) is 4.79 Å². The highest BCUT2D eigenvalue weighted by atomic mass is 16.5. The van der Waals surface area contributed by atoms with E-state index in [9.17, 15) is 4.79 Å². The normalized spacial score (nSPS) is 13.0. The Labute approximate surface area is 132 Å². The van der Waals surface area contributed by atoms with Crippen molar-refractivity contribution in [2.75, 3.05) is 14.2 Å². The second-order valence-corrected chi connectivity index (χ2v) is 5.29. The van der Waals surface area contributed by atoms with Gasteiger partial charge < -0.3 is 18.6 Å². The summed E-state index contributed by atoms with van der Waals surface area (Å²) in [6.07, 6.45) is 0.555. The zero-order chi connectivity index (χ0) is 16.0. The lowest BCUT2D eigenvalue weighted by molar-refractivity contribution is 0.0705. The van der Waals surface area contributed by atoms with E-state index in [0.29, 0.717) is 29.3 Å². The van der Waals surface area contributed by atoms with Crippen LogP contribution in [0, 0.1) is 0 Å². The van der Waals surface area contributed by atoms with Crippen LogP contribution in [0.4, 0.5) is 0 Å². The summed E-state index contributed by atoms with van der Waals surface area (Å²) in [6, 6.07) is 11.0. The maximum absolute atomic E-state index is 12.4. The van der Waals surface area contributed by atoms with Crippen molar-refractivity contribution in [3.63, 3.8) is 0 Å². The first-order valence-electron chi connectivity index (χ1n) is 7.18. The fourth-order valence-corrected chi connectivity index (χ4v) is 2.90. The van der Waals surface area contributed by atoms with Crippen molar-refractivity contribution in [3.8, 4) is 17.2 Å². The van der Waals surface area contributed by atoms with Crippen molar-refractivity contribution in [3.05, 3.63) is 53.3 Å². The number of rotatable bonds is 2. The summed E-state index contributed by atoms with van der Waals surface area (Å²) in [5, 5.41) is 0.825. The minimum Gasteiger partial charge on any atom is -0.493 e. The third kappa shape index (κ3) is 2.04. The standard InChI is InChI=1S/C18H14O5/c1-20-15-8-11-12-7-10-5-3-4-6-13(10)23-18(19)17(12)22-14(11)9-16(15)21-2/h3-6,8-9H,7H2,1-2H3. The summed E-state index contributed by atoms with van der Waals surface area (Å²) in [7, 11) is 3.13. The molecule has 0 unspecified atom stereocenters. The van der Waals surface area contributed by atoms with Crippen molar-refractivity contribution < 1.29 is 23.4 Å². The summed E-state index contributed by atoms with van der Waals surface area (Å²) in [4.78, 5) is 12.4. The highest BCUT2D eigenvalue weighted by Crippen LogP contribution is 2.39. The number of hydrogen-bond donors (Lipinski definition) is 0. The lowest BCUT2D eigenvalue weighted by Crippen LogP contribution is -2.07. The summed E-state index contributed by atoms with van der Waals surface area (Å²) in [5.74, 6) is 1.45. The molecule has 1 aromatic heterocycles. The Kier molecular flexibility index (Phi) is 3.01. The monoisotopic (exact) mass is 310 g/mol. The number of hydrogen-bond acceptors (Lipinski definition) is 5. The van der Waals surface area contributed by atoms with Crippen LogP contribution < -0.4 is 14.2 Å². The third-order valence-electron chi connectivity index (χ3n) is 4.02. The van der Waals surface area contributed by atoms with Crippen LogP contribution in [0.2, 0.25) is 0 Å². The Morgan fingerprint density at radius 1 is 1.04 bits per heavy atom. The van der Waals surface area contributed by atoms with Crippen LogP contribution in [-0.4, -0.2) is 20.2 Å². The van der Waals surface area contributed by atoms with Gasteiger partial charge >= 0.3 is 5.97 Å². The molecule has 1 aliphatic rings. The van der Waals surface area contributed by atoms with E-state index in [0.717, 1.165) is 16.5 Å². The van der Waals surface area contributed by atoms with Crippen LogP contribution in [0.1, 0.15) is 21.7 Å². The topological polar surface area (TPSA) is 57.9 Å². The number of carbonyl (C=O) groups excluding carboxylic acids is 1. The van der Waals surface area contributed by atoms with Gasteiger partial charge in [0.2, 0.25) is 5.76 Å². The smallest absolute Gasteiger partial charge is 0.379 e. The number of esters is 1. The van der Waals surface area contributed by atoms with Crippen molar-refractivity contribution in [1.82, 2.24) is 0 Å². The molecule has 4 rings (SSSR count). The van der Waals surface area contributed by atoms with Gasteiger partial charge in [-0.05, 0) is 17.7 Å². The molecule has 0 amide bonds. The first-order chi connectivity index (χ1) is 11.2. The molecule has 0 saturated heterocycles. The van der Waals surface area contributed by atoms with Crippen LogP contribution in [0.3, 0.4) is 0 Å². The van der Waals surface area contributed by atoms with Crippen LogP contribution in [0.25, 0.3) is 11.0 Å². The molecular formula is C18H14O5. The molecule has 0 fully saturated rings. The van der Waals surface area contributed by atoms with Crippen molar-refractivity contribution >= 4 is 16.9 Å². The Hall–Kier alpha value is -2.95. The Bertz CT molecular complexity index is 923. The molecule has 5 heteroatoms. The molecule has 0 N–H and O–H groups in total. The van der Waals surface area contributed by atoms with E-state index >= 15 is 0 Å². The number of furan rings is 1. The predicted octanol–water partition coefficient (Wildman–Crippen LogP) is 3.57. The molecule has 0 saturated carbocycles. The van der Waals surface area contributed by atoms with Gasteiger partial charge in [0.05, 0.1) is 14.2 Å². The number of ether oxygens (including phenoxy) is 3. The van der Waals surface area contributed by atoms with Crippen LogP contribution in [0.5, 0.6) is 17.2 Å². The molecule has 23 heavy (non-hydrogen) atoms. The highest BCUT2D eigenvalue weighted by molar-refractivity contribution is 5.99. The molecule has 5 nitrogen and oxygen atoms in total. The predicted molar refractivity (Wildman–Crippen MR) is 83.5 cm³/mol. The second kappa shape index (κ2) is 5.05. The van der Waals surface area contributed by atoms with E-state index in [1.807, 2.05) is 24.3 Å². The van der Waals surface area contributed by atoms with Crippen molar-refractivity contribution in [2.45, 2.75) is 6.42 Å². The zero-order valence-corrected chi connectivity index (χ0v) is 12.7. The van der Waals surface area contributed by atoms with Gasteiger partial charge in [0.1, 0.15) is 11.3 Å². The van der Waals surface area contributed by atoms with E-state index in [4.69, 9.17) is 18.6 Å². The first-order valence-corrected chi connectivity index (χ1v) is 7.18. The Balaban J connectivity index is 1.97. The first kappa shape index (κ1) is 13.7. The number of fused-ring (bicyclic) bond motifs is 4. The zero-order valence-electron chi connectivity index (χ0n) is 12.7. The van der Waals surface area contributed by atoms with Crippen molar-refractivity contribution in [2.24, 2.45) is 0 Å². The fraction of sp³-hybridized carbons (Fsp3) is 0.167. The molecule has 0 bridgehead atoms. The average molecular weight is 310 g/mol. The molecule has 2 aromatic carbocycles. The lowest BCUT2D eigenvalue weighted by atomic mass is 10.0. The van der Waals surface area contributed by atoms with Crippen LogP contribution in [0.15, 0.2) is 40.8 Å². The minimum atomic E-state index is -0.487. The SMILES string of the molecule is COc1cc2oc3c(c2cc1OC)Cc1ccccc1OC3=O. The van der Waals surface area contributed by atoms with Gasteiger partial charge in [-0.15, -0.1) is 0 Å². The van der Waals surface area contributed by atoms with E-state index in [1.54, 1.807) is 26.4 Å². The summed E-state index contributed by atoms with van der Waals surface area (Å²) in [5.41, 5.74) is 2.32.